The number of nitrogens with zero attached hydrogens (tertiary/aromatic N) is 1. The molecular formula is C18H11NO8S2. The quantitative estimate of drug-likeness (QED) is 0.527. The number of aromatic nitrogens is 1. The fraction of sp³-hybridized carbons (Fsp3) is 0. The summed E-state index contributed by atoms with van der Waals surface area (Å²) >= 11 is 0. The maximum absolute atomic E-state index is 12.7. The number of allylic oxidation sites excluding steroid dienone is 1. The van der Waals surface area contributed by atoms with Gasteiger partial charge in [-0.05, 0) is 42.5 Å². The van der Waals surface area contributed by atoms with Crippen molar-refractivity contribution in [2.75, 3.05) is 0 Å². The molecule has 148 valence electrons. The minimum atomic E-state index is -4.52. The van der Waals surface area contributed by atoms with Gasteiger partial charge < -0.3 is 5.11 Å². The summed E-state index contributed by atoms with van der Waals surface area (Å²) in [5.41, 5.74) is 0.229. The van der Waals surface area contributed by atoms with Crippen molar-refractivity contribution in [3.8, 4) is 0 Å². The first kappa shape index (κ1) is 19.2. The highest BCUT2D eigenvalue weighted by atomic mass is 32.2. The first-order valence-corrected chi connectivity index (χ1v) is 10.8. The minimum absolute atomic E-state index is 0.0496. The first-order valence-electron chi connectivity index (χ1n) is 7.95. The summed E-state index contributed by atoms with van der Waals surface area (Å²) in [7, 11) is -8.91. The fourth-order valence-corrected chi connectivity index (χ4v) is 4.12. The standard InChI is InChI=1S/C18H11NO8S2/c20-17-12-4-2-11(29(25,26)27)8-13(12)18(21)16(17)15-5-1-9-7-10(28(22,23)24)3-6-14(9)19-15/h1-8,21H,(H,22,23,24)(H,25,26,27). The van der Waals surface area contributed by atoms with Crippen LogP contribution in [-0.4, -0.2) is 41.8 Å². The van der Waals surface area contributed by atoms with Crippen LogP contribution in [0.2, 0.25) is 0 Å². The molecule has 1 aliphatic rings. The topological polar surface area (TPSA) is 159 Å². The molecule has 0 radical (unpaired) electrons. The molecule has 29 heavy (non-hydrogen) atoms. The van der Waals surface area contributed by atoms with Gasteiger partial charge in [0.1, 0.15) is 5.76 Å². The van der Waals surface area contributed by atoms with E-state index in [9.17, 15) is 26.7 Å². The van der Waals surface area contributed by atoms with Crippen LogP contribution >= 0.6 is 0 Å². The van der Waals surface area contributed by atoms with Gasteiger partial charge in [-0.25, -0.2) is 4.98 Å². The van der Waals surface area contributed by atoms with Crippen LogP contribution in [0.3, 0.4) is 0 Å². The number of aliphatic hydroxyl groups is 1. The first-order chi connectivity index (χ1) is 13.5. The number of Topliss-reactive ketones (excluding diaryl/α,β-unsaturated/α-hetero) is 1. The van der Waals surface area contributed by atoms with Crippen LogP contribution in [0.1, 0.15) is 21.6 Å². The maximum Gasteiger partial charge on any atom is 0.294 e. The number of benzene rings is 2. The zero-order chi connectivity index (χ0) is 21.1. The molecule has 0 aliphatic heterocycles. The average molecular weight is 433 g/mol. The SMILES string of the molecule is O=C1C(c2ccc3cc(S(=O)(=O)O)ccc3n2)=C(O)c2cc(S(=O)(=O)O)ccc21. The summed E-state index contributed by atoms with van der Waals surface area (Å²) in [6, 6.07) is 9.76. The Balaban J connectivity index is 1.86. The molecule has 0 bridgehead atoms. The predicted molar refractivity (Wildman–Crippen MR) is 102 cm³/mol. The lowest BCUT2D eigenvalue weighted by Crippen LogP contribution is -2.02. The molecule has 1 aromatic heterocycles. The van der Waals surface area contributed by atoms with Crippen LogP contribution in [0.5, 0.6) is 0 Å². The van der Waals surface area contributed by atoms with Crippen molar-refractivity contribution in [3.63, 3.8) is 0 Å². The molecule has 0 fully saturated rings. The Labute approximate surface area is 164 Å². The molecule has 0 spiro atoms. The number of ketones is 1. The van der Waals surface area contributed by atoms with Crippen molar-refractivity contribution in [2.24, 2.45) is 0 Å². The van der Waals surface area contributed by atoms with E-state index in [1.807, 2.05) is 0 Å². The van der Waals surface area contributed by atoms with Gasteiger partial charge in [-0.1, -0.05) is 6.07 Å². The Kier molecular flexibility index (Phi) is 4.10. The molecule has 3 N–H and O–H groups in total. The Morgan fingerprint density at radius 3 is 2.03 bits per heavy atom. The van der Waals surface area contributed by atoms with Crippen molar-refractivity contribution < 1.29 is 35.8 Å². The molecule has 0 saturated heterocycles. The van der Waals surface area contributed by atoms with Gasteiger partial charge in [0.2, 0.25) is 0 Å². The normalized spacial score (nSPS) is 14.5. The van der Waals surface area contributed by atoms with Gasteiger partial charge in [0.15, 0.2) is 5.78 Å². The largest absolute Gasteiger partial charge is 0.506 e. The van der Waals surface area contributed by atoms with Crippen molar-refractivity contribution in [1.82, 2.24) is 4.98 Å². The summed E-state index contributed by atoms with van der Waals surface area (Å²) in [5, 5.41) is 10.9. The number of hydrogen-bond donors (Lipinski definition) is 3. The number of carbonyl (C=O) groups excluding carboxylic acids is 1. The van der Waals surface area contributed by atoms with Gasteiger partial charge >= 0.3 is 0 Å². The summed E-state index contributed by atoms with van der Waals surface area (Å²) in [4.78, 5) is 16.2. The van der Waals surface area contributed by atoms with Gasteiger partial charge in [-0.3, -0.25) is 13.9 Å². The van der Waals surface area contributed by atoms with Crippen LogP contribution in [0.25, 0.3) is 22.2 Å². The molecule has 1 aliphatic carbocycles. The summed E-state index contributed by atoms with van der Waals surface area (Å²) in [5.74, 6) is -1.07. The van der Waals surface area contributed by atoms with Crippen LogP contribution in [0.15, 0.2) is 58.3 Å². The smallest absolute Gasteiger partial charge is 0.294 e. The monoisotopic (exact) mass is 433 g/mol. The van der Waals surface area contributed by atoms with E-state index in [4.69, 9.17) is 9.11 Å². The second-order valence-corrected chi connectivity index (χ2v) is 9.10. The van der Waals surface area contributed by atoms with E-state index in [1.165, 1.54) is 30.3 Å². The number of aliphatic hydroxyl groups excluding tert-OH is 1. The Hall–Kier alpha value is -3.12. The second-order valence-electron chi connectivity index (χ2n) is 6.26. The molecule has 4 rings (SSSR count). The van der Waals surface area contributed by atoms with E-state index >= 15 is 0 Å². The molecule has 1 heterocycles. The zero-order valence-electron chi connectivity index (χ0n) is 14.3. The third-order valence-corrected chi connectivity index (χ3v) is 6.17. The maximum atomic E-state index is 12.7. The third-order valence-electron chi connectivity index (χ3n) is 4.47. The zero-order valence-corrected chi connectivity index (χ0v) is 15.9. The number of pyridine rings is 1. The molecular weight excluding hydrogens is 422 g/mol. The highest BCUT2D eigenvalue weighted by molar-refractivity contribution is 7.86. The van der Waals surface area contributed by atoms with Crippen molar-refractivity contribution in [2.45, 2.75) is 9.79 Å². The summed E-state index contributed by atoms with van der Waals surface area (Å²) in [6.07, 6.45) is 0. The molecule has 3 aromatic rings. The summed E-state index contributed by atoms with van der Waals surface area (Å²) < 4.78 is 63.4. The summed E-state index contributed by atoms with van der Waals surface area (Å²) in [6.45, 7) is 0. The lowest BCUT2D eigenvalue weighted by molar-refractivity contribution is 0.105. The van der Waals surface area contributed by atoms with E-state index < -0.39 is 36.7 Å². The lowest BCUT2D eigenvalue weighted by atomic mass is 10.1. The van der Waals surface area contributed by atoms with E-state index in [1.54, 1.807) is 0 Å². The van der Waals surface area contributed by atoms with Gasteiger partial charge in [0.25, 0.3) is 20.2 Å². The highest BCUT2D eigenvalue weighted by Gasteiger charge is 2.32. The van der Waals surface area contributed by atoms with Crippen LogP contribution in [0, 0.1) is 0 Å². The van der Waals surface area contributed by atoms with Gasteiger partial charge in [0.05, 0.1) is 26.6 Å². The number of fused-ring (bicyclic) bond motifs is 2. The Morgan fingerprint density at radius 2 is 1.38 bits per heavy atom. The third kappa shape index (κ3) is 3.19. The molecule has 0 atom stereocenters. The van der Waals surface area contributed by atoms with Crippen LogP contribution < -0.4 is 0 Å². The van der Waals surface area contributed by atoms with Gasteiger partial charge in [0, 0.05) is 16.5 Å². The van der Waals surface area contributed by atoms with E-state index in [2.05, 4.69) is 4.98 Å². The molecule has 11 heteroatoms. The second kappa shape index (κ2) is 6.19. The van der Waals surface area contributed by atoms with Crippen molar-refractivity contribution in [1.29, 1.82) is 0 Å². The fourth-order valence-electron chi connectivity index (χ4n) is 3.10. The predicted octanol–water partition coefficient (Wildman–Crippen LogP) is 2.35. The number of rotatable bonds is 3. The lowest BCUT2D eigenvalue weighted by Gasteiger charge is -2.05. The van der Waals surface area contributed by atoms with E-state index in [0.717, 1.165) is 18.2 Å². The Morgan fingerprint density at radius 1 is 0.759 bits per heavy atom. The number of hydrogen-bond acceptors (Lipinski definition) is 7. The molecule has 0 saturated carbocycles. The van der Waals surface area contributed by atoms with Crippen molar-refractivity contribution >= 4 is 48.3 Å². The van der Waals surface area contributed by atoms with Crippen LogP contribution in [-0.2, 0) is 20.2 Å². The Bertz CT molecular complexity index is 1470. The minimum Gasteiger partial charge on any atom is -0.506 e. The van der Waals surface area contributed by atoms with E-state index in [-0.39, 0.29) is 27.3 Å². The molecule has 9 nitrogen and oxygen atoms in total. The average Bonchev–Trinajstić information content (AvgIpc) is 2.90. The molecule has 0 amide bonds. The highest BCUT2D eigenvalue weighted by Crippen LogP contribution is 2.37. The van der Waals surface area contributed by atoms with Gasteiger partial charge in [-0.15, -0.1) is 0 Å². The van der Waals surface area contributed by atoms with E-state index in [0.29, 0.717) is 10.9 Å². The molecule has 2 aromatic carbocycles. The molecule has 0 unspecified atom stereocenters. The van der Waals surface area contributed by atoms with Crippen LogP contribution in [0.4, 0.5) is 0 Å². The van der Waals surface area contributed by atoms with Crippen molar-refractivity contribution in [3.05, 3.63) is 65.4 Å². The van der Waals surface area contributed by atoms with Gasteiger partial charge in [-0.2, -0.15) is 16.8 Å². The number of carbonyl (C=O) groups is 1.